The summed E-state index contributed by atoms with van der Waals surface area (Å²) >= 11 is 0. The first-order valence-corrected chi connectivity index (χ1v) is 4.59. The van der Waals surface area contributed by atoms with E-state index in [1.165, 1.54) is 0 Å². The Morgan fingerprint density at radius 3 is 3.29 bits per heavy atom. The highest BCUT2D eigenvalue weighted by atomic mass is 16.5. The number of rotatable bonds is 1. The van der Waals surface area contributed by atoms with Crippen molar-refractivity contribution in [3.8, 4) is 0 Å². The summed E-state index contributed by atoms with van der Waals surface area (Å²) in [5.74, 6) is 0.712. The fourth-order valence-electron chi connectivity index (χ4n) is 1.44. The van der Waals surface area contributed by atoms with Crippen molar-refractivity contribution in [2.75, 3.05) is 19.9 Å². The van der Waals surface area contributed by atoms with Crippen molar-refractivity contribution in [2.45, 2.75) is 12.5 Å². The van der Waals surface area contributed by atoms with Gasteiger partial charge in [-0.25, -0.2) is 0 Å². The fraction of sp³-hybridized carbons (Fsp3) is 0.556. The van der Waals surface area contributed by atoms with Gasteiger partial charge in [0.15, 0.2) is 0 Å². The quantitative estimate of drug-likeness (QED) is 0.632. The predicted octanol–water partition coefficient (Wildman–Crippen LogP) is 0.887. The van der Waals surface area contributed by atoms with Crippen LogP contribution in [0.1, 0.15) is 6.42 Å². The van der Waals surface area contributed by atoms with Crippen molar-refractivity contribution < 1.29 is 9.47 Å². The van der Waals surface area contributed by atoms with Gasteiger partial charge in [0.1, 0.15) is 25.1 Å². The topological polar surface area (TPSA) is 59.9 Å². The second kappa shape index (κ2) is 4.23. The van der Waals surface area contributed by atoms with Crippen LogP contribution in [-0.2, 0) is 9.47 Å². The summed E-state index contributed by atoms with van der Waals surface area (Å²) in [4.78, 5) is 10.4. The molecule has 1 saturated heterocycles. The van der Waals surface area contributed by atoms with Gasteiger partial charge in [-0.3, -0.25) is 0 Å². The van der Waals surface area contributed by atoms with Gasteiger partial charge in [-0.05, 0) is 12.5 Å². The molecule has 1 aliphatic heterocycles. The molecule has 0 aromatic carbocycles. The Bertz CT molecular complexity index is 286. The lowest BCUT2D eigenvalue weighted by Gasteiger charge is -2.23. The molecule has 1 aliphatic carbocycles. The Labute approximate surface area is 81.7 Å². The third kappa shape index (κ3) is 1.93. The third-order valence-corrected chi connectivity index (χ3v) is 2.16. The summed E-state index contributed by atoms with van der Waals surface area (Å²) in [5, 5.41) is 6.05. The van der Waals surface area contributed by atoms with Crippen LogP contribution in [0, 0.1) is 4.91 Å². The van der Waals surface area contributed by atoms with Crippen LogP contribution in [0.2, 0.25) is 0 Å². The molecule has 5 nitrogen and oxygen atoms in total. The molecule has 0 bridgehead atoms. The highest BCUT2D eigenvalue weighted by molar-refractivity contribution is 5.30. The summed E-state index contributed by atoms with van der Waals surface area (Å²) in [7, 11) is 0. The number of hydrogen-bond acceptors (Lipinski definition) is 5. The van der Waals surface area contributed by atoms with Gasteiger partial charge in [-0.2, -0.15) is 4.91 Å². The third-order valence-electron chi connectivity index (χ3n) is 2.16. The van der Waals surface area contributed by atoms with Crippen molar-refractivity contribution in [1.82, 2.24) is 5.32 Å². The number of ether oxygens (including phenoxy) is 2. The standard InChI is InChI=1S/C9H12N2O3/c12-11-7-1-2-8-9(5-7)14-4-3-13-6-10-8/h2,5,7,10H,1,3-4,6H2. The van der Waals surface area contributed by atoms with E-state index in [0.717, 1.165) is 5.70 Å². The second-order valence-corrected chi connectivity index (χ2v) is 3.14. The van der Waals surface area contributed by atoms with Crippen LogP contribution in [0.25, 0.3) is 0 Å². The molecule has 0 saturated carbocycles. The van der Waals surface area contributed by atoms with Crippen molar-refractivity contribution in [3.63, 3.8) is 0 Å². The SMILES string of the molecule is O=NC1C=C2OCCOCNC2=CC1. The molecule has 0 radical (unpaired) electrons. The molecule has 0 amide bonds. The summed E-state index contributed by atoms with van der Waals surface area (Å²) in [5.41, 5.74) is 0.893. The van der Waals surface area contributed by atoms with E-state index in [1.807, 2.05) is 6.08 Å². The molecule has 2 aliphatic rings. The zero-order valence-corrected chi connectivity index (χ0v) is 7.73. The van der Waals surface area contributed by atoms with E-state index in [9.17, 15) is 4.91 Å². The Morgan fingerprint density at radius 2 is 2.43 bits per heavy atom. The summed E-state index contributed by atoms with van der Waals surface area (Å²) in [6.07, 6.45) is 4.29. The molecule has 1 heterocycles. The van der Waals surface area contributed by atoms with Gasteiger partial charge in [-0.15, -0.1) is 0 Å². The molecule has 0 aromatic heterocycles. The number of fused-ring (bicyclic) bond motifs is 1. The van der Waals surface area contributed by atoms with Crippen molar-refractivity contribution in [2.24, 2.45) is 5.18 Å². The molecule has 2 rings (SSSR count). The number of nitroso groups, excluding NO2 is 1. The maximum atomic E-state index is 10.4. The van der Waals surface area contributed by atoms with Crippen LogP contribution in [0.3, 0.4) is 0 Å². The maximum Gasteiger partial charge on any atom is 0.140 e. The minimum absolute atomic E-state index is 0.295. The second-order valence-electron chi connectivity index (χ2n) is 3.14. The van der Waals surface area contributed by atoms with E-state index in [1.54, 1.807) is 6.08 Å². The number of nitrogens with zero attached hydrogens (tertiary/aromatic N) is 1. The Kier molecular flexibility index (Phi) is 2.78. The van der Waals surface area contributed by atoms with E-state index in [2.05, 4.69) is 10.5 Å². The first-order chi connectivity index (χ1) is 6.90. The smallest absolute Gasteiger partial charge is 0.140 e. The summed E-state index contributed by atoms with van der Waals surface area (Å²) in [6.45, 7) is 1.54. The normalized spacial score (nSPS) is 26.7. The van der Waals surface area contributed by atoms with Crippen molar-refractivity contribution >= 4 is 0 Å². The van der Waals surface area contributed by atoms with E-state index < -0.39 is 0 Å². The van der Waals surface area contributed by atoms with Crippen LogP contribution in [0.15, 0.2) is 28.8 Å². The van der Waals surface area contributed by atoms with Crippen LogP contribution in [0.4, 0.5) is 0 Å². The van der Waals surface area contributed by atoms with Crippen molar-refractivity contribution in [1.29, 1.82) is 0 Å². The number of nitrogens with one attached hydrogen (secondary N) is 1. The Hall–Kier alpha value is -1.36. The monoisotopic (exact) mass is 196 g/mol. The average Bonchev–Trinajstić information content (AvgIpc) is 2.18. The predicted molar refractivity (Wildman–Crippen MR) is 50.3 cm³/mol. The molecule has 0 aromatic rings. The molecule has 1 atom stereocenters. The van der Waals surface area contributed by atoms with E-state index >= 15 is 0 Å². The Balaban J connectivity index is 2.12. The van der Waals surface area contributed by atoms with Crippen LogP contribution in [-0.4, -0.2) is 26.0 Å². The van der Waals surface area contributed by atoms with Crippen LogP contribution >= 0.6 is 0 Å². The van der Waals surface area contributed by atoms with Gasteiger partial charge in [-0.1, -0.05) is 11.3 Å². The summed E-state index contributed by atoms with van der Waals surface area (Å²) < 4.78 is 10.6. The molecular weight excluding hydrogens is 184 g/mol. The van der Waals surface area contributed by atoms with E-state index in [4.69, 9.17) is 9.47 Å². The molecular formula is C9H12N2O3. The first kappa shape index (κ1) is 9.21. The van der Waals surface area contributed by atoms with Crippen LogP contribution < -0.4 is 5.32 Å². The molecule has 1 fully saturated rings. The molecule has 0 spiro atoms. The van der Waals surface area contributed by atoms with Gasteiger partial charge in [0.05, 0.1) is 12.3 Å². The summed E-state index contributed by atoms with van der Waals surface area (Å²) in [6, 6.07) is -0.295. The van der Waals surface area contributed by atoms with Gasteiger partial charge >= 0.3 is 0 Å². The highest BCUT2D eigenvalue weighted by Gasteiger charge is 2.18. The van der Waals surface area contributed by atoms with Crippen LogP contribution in [0.5, 0.6) is 0 Å². The first-order valence-electron chi connectivity index (χ1n) is 4.59. The molecule has 1 unspecified atom stereocenters. The minimum atomic E-state index is -0.295. The largest absolute Gasteiger partial charge is 0.489 e. The van der Waals surface area contributed by atoms with E-state index in [0.29, 0.717) is 32.1 Å². The van der Waals surface area contributed by atoms with Gasteiger partial charge in [0.2, 0.25) is 0 Å². The molecule has 76 valence electrons. The molecule has 14 heavy (non-hydrogen) atoms. The maximum absolute atomic E-state index is 10.4. The molecule has 5 heteroatoms. The lowest BCUT2D eigenvalue weighted by Crippen LogP contribution is -2.27. The number of hydrogen-bond donors (Lipinski definition) is 1. The minimum Gasteiger partial charge on any atom is -0.489 e. The van der Waals surface area contributed by atoms with Crippen molar-refractivity contribution in [3.05, 3.63) is 28.5 Å². The zero-order valence-electron chi connectivity index (χ0n) is 7.73. The van der Waals surface area contributed by atoms with Gasteiger partial charge in [0, 0.05) is 0 Å². The van der Waals surface area contributed by atoms with E-state index in [-0.39, 0.29) is 6.04 Å². The molecule has 1 N–H and O–H groups in total. The lowest BCUT2D eigenvalue weighted by molar-refractivity contribution is 0.0544. The highest BCUT2D eigenvalue weighted by Crippen LogP contribution is 2.20. The average molecular weight is 196 g/mol. The fourth-order valence-corrected chi connectivity index (χ4v) is 1.44. The Morgan fingerprint density at radius 1 is 1.50 bits per heavy atom. The zero-order chi connectivity index (χ0) is 9.80. The van der Waals surface area contributed by atoms with Gasteiger partial charge < -0.3 is 14.8 Å². The van der Waals surface area contributed by atoms with Gasteiger partial charge in [0.25, 0.3) is 0 Å². The lowest BCUT2D eigenvalue weighted by atomic mass is 10.1.